The maximum atomic E-state index is 12.1. The predicted molar refractivity (Wildman–Crippen MR) is 109 cm³/mol. The van der Waals surface area contributed by atoms with E-state index in [9.17, 15) is 9.59 Å². The van der Waals surface area contributed by atoms with Crippen LogP contribution in [0.5, 0.6) is 5.75 Å². The number of nitrogens with one attached hydrogen (secondary N) is 1. The van der Waals surface area contributed by atoms with Crippen molar-refractivity contribution in [1.82, 2.24) is 15.1 Å². The van der Waals surface area contributed by atoms with Gasteiger partial charge in [0.15, 0.2) is 0 Å². The Kier molecular flexibility index (Phi) is 8.11. The Hall–Kier alpha value is -2.28. The summed E-state index contributed by atoms with van der Waals surface area (Å²) in [5.41, 5.74) is 0.494. The van der Waals surface area contributed by atoms with Crippen molar-refractivity contribution in [3.8, 4) is 5.75 Å². The van der Waals surface area contributed by atoms with Crippen LogP contribution in [0.25, 0.3) is 0 Å². The van der Waals surface area contributed by atoms with E-state index in [1.807, 2.05) is 52.0 Å². The summed E-state index contributed by atoms with van der Waals surface area (Å²) in [6.45, 7) is 12.4. The summed E-state index contributed by atoms with van der Waals surface area (Å²) in [6, 6.07) is 7.60. The highest BCUT2D eigenvalue weighted by Gasteiger charge is 2.25. The van der Waals surface area contributed by atoms with E-state index in [0.29, 0.717) is 32.7 Å². The van der Waals surface area contributed by atoms with Gasteiger partial charge in [-0.15, -0.1) is 0 Å². The van der Waals surface area contributed by atoms with Crippen molar-refractivity contribution in [1.29, 1.82) is 0 Å². The SMILES string of the molecule is CCOc1ccc(CC(=O)NCCN2CCN(C(=O)OC(C)(C)C)CC2)cc1. The molecule has 7 nitrogen and oxygen atoms in total. The first-order chi connectivity index (χ1) is 13.3. The lowest BCUT2D eigenvalue weighted by Crippen LogP contribution is -2.51. The average molecular weight is 392 g/mol. The highest BCUT2D eigenvalue weighted by atomic mass is 16.6. The quantitative estimate of drug-likeness (QED) is 0.772. The molecule has 0 spiro atoms. The van der Waals surface area contributed by atoms with Gasteiger partial charge in [0, 0.05) is 39.3 Å². The van der Waals surface area contributed by atoms with E-state index < -0.39 is 5.60 Å². The third-order valence-corrected chi connectivity index (χ3v) is 4.37. The van der Waals surface area contributed by atoms with E-state index in [0.717, 1.165) is 30.9 Å². The molecule has 1 aliphatic rings. The van der Waals surface area contributed by atoms with Crippen LogP contribution in [-0.2, 0) is 16.0 Å². The number of hydrogen-bond acceptors (Lipinski definition) is 5. The summed E-state index contributed by atoms with van der Waals surface area (Å²) in [6.07, 6.45) is 0.106. The molecule has 0 aliphatic carbocycles. The van der Waals surface area contributed by atoms with Gasteiger partial charge in [0.2, 0.25) is 5.91 Å². The van der Waals surface area contributed by atoms with Crippen molar-refractivity contribution in [2.24, 2.45) is 0 Å². The molecular formula is C21H33N3O4. The van der Waals surface area contributed by atoms with Gasteiger partial charge in [-0.2, -0.15) is 0 Å². The Morgan fingerprint density at radius 1 is 1.07 bits per heavy atom. The van der Waals surface area contributed by atoms with Gasteiger partial charge < -0.3 is 19.7 Å². The highest BCUT2D eigenvalue weighted by Crippen LogP contribution is 2.13. The highest BCUT2D eigenvalue weighted by molar-refractivity contribution is 5.78. The molecule has 2 rings (SSSR count). The first-order valence-corrected chi connectivity index (χ1v) is 9.95. The number of ether oxygens (including phenoxy) is 2. The zero-order chi connectivity index (χ0) is 20.6. The van der Waals surface area contributed by atoms with Gasteiger partial charge in [-0.25, -0.2) is 4.79 Å². The molecule has 0 aromatic heterocycles. The van der Waals surface area contributed by atoms with Gasteiger partial charge >= 0.3 is 6.09 Å². The van der Waals surface area contributed by atoms with Crippen LogP contribution in [0.3, 0.4) is 0 Å². The second kappa shape index (κ2) is 10.3. The van der Waals surface area contributed by atoms with E-state index in [4.69, 9.17) is 9.47 Å². The predicted octanol–water partition coefficient (Wildman–Crippen LogP) is 2.30. The van der Waals surface area contributed by atoms with Crippen LogP contribution in [0.2, 0.25) is 0 Å². The molecule has 156 valence electrons. The van der Waals surface area contributed by atoms with Crippen molar-refractivity contribution in [2.75, 3.05) is 45.9 Å². The normalized spacial score (nSPS) is 15.2. The second-order valence-corrected chi connectivity index (χ2v) is 7.91. The standard InChI is InChI=1S/C21H33N3O4/c1-5-27-18-8-6-17(7-9-18)16-19(25)22-10-11-23-12-14-24(15-13-23)20(26)28-21(2,3)4/h6-9H,5,10-16H2,1-4H3,(H,22,25). The monoisotopic (exact) mass is 391 g/mol. The maximum absolute atomic E-state index is 12.1. The van der Waals surface area contributed by atoms with Crippen LogP contribution >= 0.6 is 0 Å². The molecule has 1 N–H and O–H groups in total. The van der Waals surface area contributed by atoms with Gasteiger partial charge in [-0.3, -0.25) is 9.69 Å². The fourth-order valence-corrected chi connectivity index (χ4v) is 2.95. The Balaban J connectivity index is 1.63. The number of nitrogens with zero attached hydrogens (tertiary/aromatic N) is 2. The first-order valence-electron chi connectivity index (χ1n) is 9.95. The zero-order valence-corrected chi connectivity index (χ0v) is 17.5. The molecular weight excluding hydrogens is 358 g/mol. The topological polar surface area (TPSA) is 71.1 Å². The Labute approximate surface area is 168 Å². The number of benzene rings is 1. The smallest absolute Gasteiger partial charge is 0.410 e. The van der Waals surface area contributed by atoms with Crippen LogP contribution < -0.4 is 10.1 Å². The lowest BCUT2D eigenvalue weighted by Gasteiger charge is -2.35. The van der Waals surface area contributed by atoms with Crippen molar-refractivity contribution in [3.63, 3.8) is 0 Å². The fourth-order valence-electron chi connectivity index (χ4n) is 2.95. The van der Waals surface area contributed by atoms with Crippen LogP contribution in [0.4, 0.5) is 4.79 Å². The minimum absolute atomic E-state index is 0.0107. The molecule has 1 heterocycles. The lowest BCUT2D eigenvalue weighted by atomic mass is 10.1. The first kappa shape index (κ1) is 22.0. The van der Waals surface area contributed by atoms with Gasteiger partial charge in [0.25, 0.3) is 0 Å². The summed E-state index contributed by atoms with van der Waals surface area (Å²) in [4.78, 5) is 28.2. The molecule has 0 bridgehead atoms. The third kappa shape index (κ3) is 7.76. The number of carbonyl (C=O) groups is 2. The number of piperazine rings is 1. The van der Waals surface area contributed by atoms with E-state index in [2.05, 4.69) is 10.2 Å². The summed E-state index contributed by atoms with van der Waals surface area (Å²) in [5.74, 6) is 0.828. The Morgan fingerprint density at radius 2 is 1.71 bits per heavy atom. The van der Waals surface area contributed by atoms with Gasteiger partial charge in [-0.1, -0.05) is 12.1 Å². The summed E-state index contributed by atoms with van der Waals surface area (Å²) in [5, 5.41) is 2.97. The van der Waals surface area contributed by atoms with Crippen molar-refractivity contribution < 1.29 is 19.1 Å². The van der Waals surface area contributed by atoms with E-state index >= 15 is 0 Å². The summed E-state index contributed by atoms with van der Waals surface area (Å²) < 4.78 is 10.8. The molecule has 0 radical (unpaired) electrons. The molecule has 1 aliphatic heterocycles. The molecule has 1 saturated heterocycles. The third-order valence-electron chi connectivity index (χ3n) is 4.37. The van der Waals surface area contributed by atoms with E-state index in [1.54, 1.807) is 4.90 Å². The van der Waals surface area contributed by atoms with Gasteiger partial charge in [0.1, 0.15) is 11.4 Å². The maximum Gasteiger partial charge on any atom is 0.410 e. The number of amides is 2. The van der Waals surface area contributed by atoms with Crippen molar-refractivity contribution in [3.05, 3.63) is 29.8 Å². The Bertz CT molecular complexity index is 632. The zero-order valence-electron chi connectivity index (χ0n) is 17.5. The van der Waals surface area contributed by atoms with Crippen molar-refractivity contribution in [2.45, 2.75) is 39.7 Å². The van der Waals surface area contributed by atoms with E-state index in [1.165, 1.54) is 0 Å². The second-order valence-electron chi connectivity index (χ2n) is 7.91. The molecule has 0 unspecified atom stereocenters. The molecule has 0 saturated carbocycles. The van der Waals surface area contributed by atoms with Gasteiger partial charge in [0.05, 0.1) is 13.0 Å². The summed E-state index contributed by atoms with van der Waals surface area (Å²) in [7, 11) is 0. The lowest BCUT2D eigenvalue weighted by molar-refractivity contribution is -0.120. The van der Waals surface area contributed by atoms with Crippen LogP contribution in [0.15, 0.2) is 24.3 Å². The summed E-state index contributed by atoms with van der Waals surface area (Å²) >= 11 is 0. The van der Waals surface area contributed by atoms with Crippen LogP contribution in [-0.4, -0.2) is 73.3 Å². The number of rotatable bonds is 7. The van der Waals surface area contributed by atoms with Crippen LogP contribution in [0, 0.1) is 0 Å². The largest absolute Gasteiger partial charge is 0.494 e. The fraction of sp³-hybridized carbons (Fsp3) is 0.619. The minimum Gasteiger partial charge on any atom is -0.494 e. The van der Waals surface area contributed by atoms with Crippen molar-refractivity contribution >= 4 is 12.0 Å². The molecule has 2 amide bonds. The average Bonchev–Trinajstić information content (AvgIpc) is 2.63. The van der Waals surface area contributed by atoms with E-state index in [-0.39, 0.29) is 12.0 Å². The van der Waals surface area contributed by atoms with Gasteiger partial charge in [-0.05, 0) is 45.4 Å². The minimum atomic E-state index is -0.470. The molecule has 1 aromatic rings. The molecule has 1 aromatic carbocycles. The molecule has 0 atom stereocenters. The number of hydrogen-bond donors (Lipinski definition) is 1. The molecule has 28 heavy (non-hydrogen) atoms. The van der Waals surface area contributed by atoms with Crippen LogP contribution in [0.1, 0.15) is 33.3 Å². The molecule has 1 fully saturated rings. The Morgan fingerprint density at radius 3 is 2.29 bits per heavy atom. The molecule has 7 heteroatoms. The number of carbonyl (C=O) groups excluding carboxylic acids is 2.